The third-order valence-electron chi connectivity index (χ3n) is 1.56. The molecule has 14 heavy (non-hydrogen) atoms. The molecule has 0 radical (unpaired) electrons. The SMILES string of the molecule is Clc1cnc(Oc2ccccc2)cn1. The van der Waals surface area contributed by atoms with E-state index in [0.29, 0.717) is 11.0 Å². The summed E-state index contributed by atoms with van der Waals surface area (Å²) in [6.07, 6.45) is 2.93. The van der Waals surface area contributed by atoms with Gasteiger partial charge in [-0.15, -0.1) is 0 Å². The van der Waals surface area contributed by atoms with Crippen molar-refractivity contribution in [2.45, 2.75) is 0 Å². The first-order valence-corrected chi connectivity index (χ1v) is 4.43. The van der Waals surface area contributed by atoms with E-state index < -0.39 is 0 Å². The van der Waals surface area contributed by atoms with Crippen molar-refractivity contribution < 1.29 is 4.74 Å². The van der Waals surface area contributed by atoms with Crippen LogP contribution in [0.5, 0.6) is 11.6 Å². The maximum atomic E-state index is 5.59. The first kappa shape index (κ1) is 8.97. The number of para-hydroxylation sites is 1. The zero-order valence-electron chi connectivity index (χ0n) is 7.22. The third-order valence-corrected chi connectivity index (χ3v) is 1.76. The van der Waals surface area contributed by atoms with E-state index in [-0.39, 0.29) is 0 Å². The fraction of sp³-hybridized carbons (Fsp3) is 0. The van der Waals surface area contributed by atoms with Crippen molar-refractivity contribution in [3.63, 3.8) is 0 Å². The van der Waals surface area contributed by atoms with E-state index in [0.717, 1.165) is 5.75 Å². The van der Waals surface area contributed by atoms with Crippen molar-refractivity contribution >= 4 is 11.6 Å². The van der Waals surface area contributed by atoms with Gasteiger partial charge in [-0.25, -0.2) is 9.97 Å². The molecule has 0 unspecified atom stereocenters. The van der Waals surface area contributed by atoms with Crippen LogP contribution in [0.1, 0.15) is 0 Å². The van der Waals surface area contributed by atoms with Gasteiger partial charge >= 0.3 is 0 Å². The molecule has 0 aliphatic rings. The highest BCUT2D eigenvalue weighted by atomic mass is 35.5. The normalized spacial score (nSPS) is 9.79. The van der Waals surface area contributed by atoms with Gasteiger partial charge in [-0.1, -0.05) is 29.8 Å². The highest BCUT2D eigenvalue weighted by Gasteiger charge is 1.97. The number of halogens is 1. The van der Waals surface area contributed by atoms with Gasteiger partial charge in [-0.2, -0.15) is 0 Å². The number of aromatic nitrogens is 2. The maximum absolute atomic E-state index is 5.59. The molecule has 0 spiro atoms. The van der Waals surface area contributed by atoms with Gasteiger partial charge in [-0.3, -0.25) is 0 Å². The molecule has 0 bridgehead atoms. The lowest BCUT2D eigenvalue weighted by molar-refractivity contribution is 0.460. The van der Waals surface area contributed by atoms with Crippen LogP contribution in [0.3, 0.4) is 0 Å². The zero-order chi connectivity index (χ0) is 9.80. The molecule has 0 aliphatic heterocycles. The molecule has 0 saturated heterocycles. The zero-order valence-corrected chi connectivity index (χ0v) is 7.98. The Hall–Kier alpha value is -1.61. The molecule has 1 aromatic carbocycles. The average molecular weight is 207 g/mol. The summed E-state index contributed by atoms with van der Waals surface area (Å²) in [5, 5.41) is 0.352. The van der Waals surface area contributed by atoms with Crippen LogP contribution in [0.15, 0.2) is 42.7 Å². The molecule has 0 aliphatic carbocycles. The molecular formula is C10H7ClN2O. The predicted octanol–water partition coefficient (Wildman–Crippen LogP) is 2.92. The molecule has 0 atom stereocenters. The van der Waals surface area contributed by atoms with Gasteiger partial charge in [0.25, 0.3) is 0 Å². The number of hydrogen-bond acceptors (Lipinski definition) is 3. The lowest BCUT2D eigenvalue weighted by Crippen LogP contribution is -1.88. The van der Waals surface area contributed by atoms with E-state index in [2.05, 4.69) is 9.97 Å². The van der Waals surface area contributed by atoms with Crippen LogP contribution >= 0.6 is 11.6 Å². The van der Waals surface area contributed by atoms with Gasteiger partial charge in [-0.05, 0) is 12.1 Å². The van der Waals surface area contributed by atoms with E-state index in [9.17, 15) is 0 Å². The van der Waals surface area contributed by atoms with E-state index in [1.165, 1.54) is 12.4 Å². The Bertz CT molecular complexity index is 402. The molecule has 4 heteroatoms. The van der Waals surface area contributed by atoms with E-state index in [4.69, 9.17) is 16.3 Å². The monoisotopic (exact) mass is 206 g/mol. The highest BCUT2D eigenvalue weighted by molar-refractivity contribution is 6.29. The number of nitrogens with zero attached hydrogens (tertiary/aromatic N) is 2. The maximum Gasteiger partial charge on any atom is 0.237 e. The topological polar surface area (TPSA) is 35.0 Å². The summed E-state index contributed by atoms with van der Waals surface area (Å²) in [5.41, 5.74) is 0. The summed E-state index contributed by atoms with van der Waals surface area (Å²) in [6.45, 7) is 0. The molecule has 2 rings (SSSR count). The van der Waals surface area contributed by atoms with E-state index >= 15 is 0 Å². The van der Waals surface area contributed by atoms with Crippen molar-refractivity contribution in [2.75, 3.05) is 0 Å². The van der Waals surface area contributed by atoms with E-state index in [1.807, 2.05) is 30.3 Å². The van der Waals surface area contributed by atoms with Gasteiger partial charge in [0.05, 0.1) is 12.4 Å². The largest absolute Gasteiger partial charge is 0.438 e. The Morgan fingerprint density at radius 1 is 1.00 bits per heavy atom. The van der Waals surface area contributed by atoms with Crippen LogP contribution < -0.4 is 4.74 Å². The minimum absolute atomic E-state index is 0.352. The first-order valence-electron chi connectivity index (χ1n) is 4.05. The summed E-state index contributed by atoms with van der Waals surface area (Å²) < 4.78 is 5.40. The number of benzene rings is 1. The second-order valence-electron chi connectivity index (χ2n) is 2.59. The molecule has 3 nitrogen and oxygen atoms in total. The Morgan fingerprint density at radius 3 is 2.43 bits per heavy atom. The Kier molecular flexibility index (Phi) is 2.60. The van der Waals surface area contributed by atoms with Gasteiger partial charge in [0, 0.05) is 0 Å². The standard InChI is InChI=1S/C10H7ClN2O/c11-9-6-13-10(7-12-9)14-8-4-2-1-3-5-8/h1-7H. The summed E-state index contributed by atoms with van der Waals surface area (Å²) in [6, 6.07) is 9.38. The fourth-order valence-electron chi connectivity index (χ4n) is 0.962. The molecule has 0 saturated carbocycles. The minimum atomic E-state index is 0.352. The van der Waals surface area contributed by atoms with Gasteiger partial charge < -0.3 is 4.74 Å². The lowest BCUT2D eigenvalue weighted by atomic mass is 10.3. The van der Waals surface area contributed by atoms with Crippen molar-refractivity contribution in [1.82, 2.24) is 9.97 Å². The highest BCUT2D eigenvalue weighted by Crippen LogP contribution is 2.17. The third kappa shape index (κ3) is 2.20. The average Bonchev–Trinajstić information content (AvgIpc) is 2.23. The van der Waals surface area contributed by atoms with Gasteiger partial charge in [0.2, 0.25) is 5.88 Å². The molecule has 1 aromatic heterocycles. The molecule has 1 heterocycles. The summed E-state index contributed by atoms with van der Waals surface area (Å²) in [5.74, 6) is 1.16. The van der Waals surface area contributed by atoms with Crippen LogP contribution in [0, 0.1) is 0 Å². The summed E-state index contributed by atoms with van der Waals surface area (Å²) in [7, 11) is 0. The Balaban J connectivity index is 2.16. The summed E-state index contributed by atoms with van der Waals surface area (Å²) in [4.78, 5) is 7.81. The fourth-order valence-corrected chi connectivity index (χ4v) is 1.06. The molecule has 0 fully saturated rings. The van der Waals surface area contributed by atoms with Crippen LogP contribution in [-0.2, 0) is 0 Å². The second-order valence-corrected chi connectivity index (χ2v) is 2.98. The molecule has 70 valence electrons. The first-order chi connectivity index (χ1) is 6.84. The van der Waals surface area contributed by atoms with Crippen LogP contribution in [-0.4, -0.2) is 9.97 Å². The van der Waals surface area contributed by atoms with Crippen LogP contribution in [0.25, 0.3) is 0 Å². The Morgan fingerprint density at radius 2 is 1.79 bits per heavy atom. The van der Waals surface area contributed by atoms with Crippen LogP contribution in [0.2, 0.25) is 5.15 Å². The van der Waals surface area contributed by atoms with Crippen molar-refractivity contribution in [1.29, 1.82) is 0 Å². The molecule has 0 N–H and O–H groups in total. The predicted molar refractivity (Wildman–Crippen MR) is 53.6 cm³/mol. The lowest BCUT2D eigenvalue weighted by Gasteiger charge is -2.02. The second kappa shape index (κ2) is 4.07. The van der Waals surface area contributed by atoms with Gasteiger partial charge in [0.15, 0.2) is 0 Å². The Labute approximate surface area is 86.3 Å². The minimum Gasteiger partial charge on any atom is -0.438 e. The molecule has 0 amide bonds. The summed E-state index contributed by atoms with van der Waals surface area (Å²) >= 11 is 5.59. The number of rotatable bonds is 2. The molecular weight excluding hydrogens is 200 g/mol. The number of hydrogen-bond donors (Lipinski definition) is 0. The van der Waals surface area contributed by atoms with Crippen molar-refractivity contribution in [3.05, 3.63) is 47.9 Å². The number of ether oxygens (including phenoxy) is 1. The quantitative estimate of drug-likeness (QED) is 0.758. The smallest absolute Gasteiger partial charge is 0.237 e. The molecule has 2 aromatic rings. The van der Waals surface area contributed by atoms with Crippen molar-refractivity contribution in [2.24, 2.45) is 0 Å². The van der Waals surface area contributed by atoms with Crippen molar-refractivity contribution in [3.8, 4) is 11.6 Å². The van der Waals surface area contributed by atoms with E-state index in [1.54, 1.807) is 0 Å². The van der Waals surface area contributed by atoms with Gasteiger partial charge in [0.1, 0.15) is 10.9 Å². The van der Waals surface area contributed by atoms with Crippen LogP contribution in [0.4, 0.5) is 0 Å².